The molecule has 8 nitrogen and oxygen atoms in total. The van der Waals surface area contributed by atoms with Crippen molar-refractivity contribution in [2.45, 2.75) is 19.4 Å². The first-order valence-electron chi connectivity index (χ1n) is 5.62. The van der Waals surface area contributed by atoms with E-state index >= 15 is 0 Å². The first-order valence-corrected chi connectivity index (χ1v) is 5.62. The van der Waals surface area contributed by atoms with E-state index in [0.717, 1.165) is 5.56 Å². The molecular formula is C11H16N4O4. The molecule has 0 aliphatic heterocycles. The highest BCUT2D eigenvalue weighted by molar-refractivity contribution is 5.95. The average molecular weight is 268 g/mol. The van der Waals surface area contributed by atoms with E-state index in [1.54, 1.807) is 24.1 Å². The van der Waals surface area contributed by atoms with Gasteiger partial charge in [0.25, 0.3) is 0 Å². The van der Waals surface area contributed by atoms with Crippen LogP contribution in [0.5, 0.6) is 0 Å². The molecule has 0 radical (unpaired) electrons. The highest BCUT2D eigenvalue weighted by Crippen LogP contribution is 2.01. The van der Waals surface area contributed by atoms with Crippen LogP contribution in [0.15, 0.2) is 12.4 Å². The van der Waals surface area contributed by atoms with Crippen LogP contribution in [0.25, 0.3) is 0 Å². The zero-order chi connectivity index (χ0) is 14.4. The van der Waals surface area contributed by atoms with Gasteiger partial charge in [0.05, 0.1) is 19.2 Å². The van der Waals surface area contributed by atoms with Gasteiger partial charge in [0, 0.05) is 32.3 Å². The molecule has 0 spiro atoms. The van der Waals surface area contributed by atoms with E-state index in [4.69, 9.17) is 5.11 Å². The lowest BCUT2D eigenvalue weighted by molar-refractivity contribution is -0.138. The molecule has 2 N–H and O–H groups in total. The molecule has 0 saturated carbocycles. The van der Waals surface area contributed by atoms with Crippen molar-refractivity contribution >= 4 is 17.9 Å². The van der Waals surface area contributed by atoms with Crippen molar-refractivity contribution in [3.05, 3.63) is 18.0 Å². The summed E-state index contributed by atoms with van der Waals surface area (Å²) in [7, 11) is 3.30. The van der Waals surface area contributed by atoms with Crippen molar-refractivity contribution in [2.75, 3.05) is 7.05 Å². The number of amides is 3. The summed E-state index contributed by atoms with van der Waals surface area (Å²) in [4.78, 5) is 34.5. The quantitative estimate of drug-likeness (QED) is 0.779. The van der Waals surface area contributed by atoms with Gasteiger partial charge >= 0.3 is 12.0 Å². The number of nitrogens with zero attached hydrogens (tertiary/aromatic N) is 3. The smallest absolute Gasteiger partial charge is 0.324 e. The first-order chi connectivity index (χ1) is 8.88. The Morgan fingerprint density at radius 3 is 2.63 bits per heavy atom. The molecule has 0 aromatic carbocycles. The summed E-state index contributed by atoms with van der Waals surface area (Å²) in [6.07, 6.45) is 2.86. The highest BCUT2D eigenvalue weighted by Gasteiger charge is 2.14. The van der Waals surface area contributed by atoms with Crippen LogP contribution in [0.2, 0.25) is 0 Å². The van der Waals surface area contributed by atoms with Crippen molar-refractivity contribution in [3.8, 4) is 0 Å². The van der Waals surface area contributed by atoms with E-state index in [2.05, 4.69) is 10.4 Å². The number of aromatic nitrogens is 2. The number of rotatable bonds is 5. The Kier molecular flexibility index (Phi) is 5.04. The molecule has 1 rings (SSSR count). The molecule has 1 heterocycles. The second-order valence-electron chi connectivity index (χ2n) is 4.13. The molecule has 0 bridgehead atoms. The minimum Gasteiger partial charge on any atom is -0.481 e. The molecule has 3 amide bonds. The van der Waals surface area contributed by atoms with E-state index in [1.807, 2.05) is 0 Å². The monoisotopic (exact) mass is 268 g/mol. The number of urea groups is 1. The molecule has 1 aromatic rings. The third-order valence-corrected chi connectivity index (χ3v) is 2.34. The number of carbonyl (C=O) groups is 3. The third kappa shape index (κ3) is 5.19. The summed E-state index contributed by atoms with van der Waals surface area (Å²) in [6, 6.07) is -0.570. The van der Waals surface area contributed by atoms with Crippen LogP contribution in [-0.4, -0.2) is 44.7 Å². The Morgan fingerprint density at radius 2 is 2.11 bits per heavy atom. The van der Waals surface area contributed by atoms with Gasteiger partial charge < -0.3 is 10.0 Å². The van der Waals surface area contributed by atoms with E-state index in [1.165, 1.54) is 11.9 Å². The summed E-state index contributed by atoms with van der Waals surface area (Å²) in [6.45, 7) is 0.311. The van der Waals surface area contributed by atoms with Crippen molar-refractivity contribution in [3.63, 3.8) is 0 Å². The lowest BCUT2D eigenvalue weighted by atomic mass is 10.3. The summed E-state index contributed by atoms with van der Waals surface area (Å²) < 4.78 is 1.61. The average Bonchev–Trinajstić information content (AvgIpc) is 2.72. The van der Waals surface area contributed by atoms with Crippen molar-refractivity contribution in [2.24, 2.45) is 7.05 Å². The molecule has 0 aliphatic carbocycles. The van der Waals surface area contributed by atoms with Crippen molar-refractivity contribution in [1.29, 1.82) is 0 Å². The lowest BCUT2D eigenvalue weighted by Gasteiger charge is -2.16. The number of hydrogen-bond acceptors (Lipinski definition) is 4. The Balaban J connectivity index is 2.40. The molecule has 0 fully saturated rings. The van der Waals surface area contributed by atoms with Gasteiger partial charge in [-0.3, -0.25) is 19.6 Å². The molecule has 1 aromatic heterocycles. The van der Waals surface area contributed by atoms with Gasteiger partial charge in [0.15, 0.2) is 0 Å². The number of aliphatic carboxylic acids is 1. The lowest BCUT2D eigenvalue weighted by Crippen LogP contribution is -2.40. The van der Waals surface area contributed by atoms with Crippen LogP contribution >= 0.6 is 0 Å². The van der Waals surface area contributed by atoms with E-state index in [9.17, 15) is 14.4 Å². The zero-order valence-corrected chi connectivity index (χ0v) is 10.8. The fourth-order valence-corrected chi connectivity index (χ4v) is 1.40. The Morgan fingerprint density at radius 1 is 1.42 bits per heavy atom. The normalized spacial score (nSPS) is 10.0. The number of hydrogen-bond donors (Lipinski definition) is 2. The van der Waals surface area contributed by atoms with Crippen LogP contribution in [0, 0.1) is 0 Å². The fourth-order valence-electron chi connectivity index (χ4n) is 1.40. The largest absolute Gasteiger partial charge is 0.481 e. The first kappa shape index (κ1) is 14.7. The number of carbonyl (C=O) groups excluding carboxylic acids is 2. The van der Waals surface area contributed by atoms with Crippen molar-refractivity contribution in [1.82, 2.24) is 20.0 Å². The van der Waals surface area contributed by atoms with Crippen LogP contribution in [0.4, 0.5) is 4.79 Å². The SMILES string of the molecule is CN(Cc1cnn(C)c1)C(=O)NC(=O)CCC(=O)O. The van der Waals surface area contributed by atoms with E-state index in [0.29, 0.717) is 6.54 Å². The number of imide groups is 1. The zero-order valence-electron chi connectivity index (χ0n) is 10.8. The van der Waals surface area contributed by atoms with Gasteiger partial charge in [0.2, 0.25) is 5.91 Å². The van der Waals surface area contributed by atoms with Crippen LogP contribution < -0.4 is 5.32 Å². The molecular weight excluding hydrogens is 252 g/mol. The molecule has 0 aliphatic rings. The number of carboxylic acid groups (broad SMARTS) is 1. The minimum atomic E-state index is -1.08. The maximum Gasteiger partial charge on any atom is 0.324 e. The Bertz CT molecular complexity index is 483. The van der Waals surface area contributed by atoms with E-state index < -0.39 is 17.9 Å². The predicted molar refractivity (Wildman–Crippen MR) is 65.1 cm³/mol. The predicted octanol–water partition coefficient (Wildman–Crippen LogP) is -0.0471. The Labute approximate surface area is 110 Å². The maximum atomic E-state index is 11.6. The molecule has 104 valence electrons. The van der Waals surface area contributed by atoms with Gasteiger partial charge in [-0.2, -0.15) is 5.10 Å². The second-order valence-corrected chi connectivity index (χ2v) is 4.13. The number of carboxylic acids is 1. The van der Waals surface area contributed by atoms with Crippen LogP contribution in [-0.2, 0) is 23.2 Å². The van der Waals surface area contributed by atoms with Crippen LogP contribution in [0.1, 0.15) is 18.4 Å². The fraction of sp³-hybridized carbons (Fsp3) is 0.455. The molecule has 19 heavy (non-hydrogen) atoms. The summed E-state index contributed by atoms with van der Waals surface area (Å²) in [5.41, 5.74) is 0.832. The number of nitrogens with one attached hydrogen (secondary N) is 1. The summed E-state index contributed by atoms with van der Waals surface area (Å²) >= 11 is 0. The Hall–Kier alpha value is -2.38. The molecule has 0 saturated heterocycles. The maximum absolute atomic E-state index is 11.6. The highest BCUT2D eigenvalue weighted by atomic mass is 16.4. The third-order valence-electron chi connectivity index (χ3n) is 2.34. The minimum absolute atomic E-state index is 0.220. The number of aryl methyl sites for hydroxylation is 1. The van der Waals surface area contributed by atoms with Gasteiger partial charge in [-0.15, -0.1) is 0 Å². The second kappa shape index (κ2) is 6.53. The molecule has 0 unspecified atom stereocenters. The standard InChI is InChI=1S/C11H16N4O4/c1-14(6-8-5-12-15(2)7-8)11(19)13-9(16)3-4-10(17)18/h5,7H,3-4,6H2,1-2H3,(H,17,18)(H,13,16,19). The van der Waals surface area contributed by atoms with Gasteiger partial charge in [-0.1, -0.05) is 0 Å². The van der Waals surface area contributed by atoms with Gasteiger partial charge in [-0.05, 0) is 0 Å². The summed E-state index contributed by atoms with van der Waals surface area (Å²) in [5.74, 6) is -1.68. The molecule has 8 heteroatoms. The van der Waals surface area contributed by atoms with E-state index in [-0.39, 0.29) is 12.8 Å². The van der Waals surface area contributed by atoms with Gasteiger partial charge in [-0.25, -0.2) is 4.79 Å². The topological polar surface area (TPSA) is 105 Å². The summed E-state index contributed by atoms with van der Waals surface area (Å²) in [5, 5.41) is 14.5. The van der Waals surface area contributed by atoms with Gasteiger partial charge in [0.1, 0.15) is 0 Å². The van der Waals surface area contributed by atoms with Crippen molar-refractivity contribution < 1.29 is 19.5 Å². The molecule has 0 atom stereocenters. The van der Waals surface area contributed by atoms with Crippen LogP contribution in [0.3, 0.4) is 0 Å².